The monoisotopic (exact) mass is 471 g/mol. The van der Waals surface area contributed by atoms with E-state index in [9.17, 15) is 28.7 Å². The van der Waals surface area contributed by atoms with Crippen molar-refractivity contribution in [3.8, 4) is 5.75 Å². The fourth-order valence-electron chi connectivity index (χ4n) is 4.73. The molecule has 1 fully saturated rings. The first-order valence-corrected chi connectivity index (χ1v) is 10.9. The van der Waals surface area contributed by atoms with Gasteiger partial charge in [0, 0.05) is 27.2 Å². The van der Waals surface area contributed by atoms with Gasteiger partial charge in [-0.05, 0) is 49.3 Å². The second kappa shape index (κ2) is 8.54. The molecule has 2 heterocycles. The summed E-state index contributed by atoms with van der Waals surface area (Å²) in [5, 5.41) is 15.8. The van der Waals surface area contributed by atoms with Gasteiger partial charge in [-0.15, -0.1) is 0 Å². The van der Waals surface area contributed by atoms with Crippen LogP contribution < -0.4 is 16.2 Å². The number of aromatic hydroxyl groups is 1. The molecular formula is C23H26FN5O5. The molecule has 0 saturated heterocycles. The van der Waals surface area contributed by atoms with Crippen molar-refractivity contribution in [2.75, 3.05) is 14.1 Å². The van der Waals surface area contributed by atoms with E-state index >= 15 is 0 Å². The summed E-state index contributed by atoms with van der Waals surface area (Å²) in [4.78, 5) is 56.0. The molecule has 3 amide bonds. The van der Waals surface area contributed by atoms with Gasteiger partial charge in [0.05, 0.1) is 5.54 Å². The van der Waals surface area contributed by atoms with E-state index in [1.54, 1.807) is 13.0 Å². The van der Waals surface area contributed by atoms with E-state index in [2.05, 4.69) is 15.6 Å². The lowest BCUT2D eigenvalue weighted by Crippen LogP contribution is -2.54. The SMILES string of the molecule is Cc1cc(CNC(=O)c2nc3n(c(=O)c2O)C[C@@H]2CC[C@@]3(NC(=O)C(=O)N(C)C)C2)ccc1F. The molecule has 2 atom stereocenters. The molecule has 1 aliphatic heterocycles. The van der Waals surface area contributed by atoms with E-state index < -0.39 is 40.3 Å². The molecule has 0 unspecified atom stereocenters. The van der Waals surface area contributed by atoms with Gasteiger partial charge >= 0.3 is 11.8 Å². The van der Waals surface area contributed by atoms with Crippen molar-refractivity contribution < 1.29 is 23.9 Å². The number of benzene rings is 1. The molecule has 2 aliphatic rings. The van der Waals surface area contributed by atoms with Gasteiger partial charge in [0.15, 0.2) is 5.69 Å². The minimum absolute atomic E-state index is 0.0286. The predicted molar refractivity (Wildman–Crippen MR) is 118 cm³/mol. The maximum absolute atomic E-state index is 13.5. The number of hydrogen-bond acceptors (Lipinski definition) is 6. The Hall–Kier alpha value is -3.76. The standard InChI is InChI=1S/C23H26FN5O5/c1-12-8-13(4-5-15(12)24)10-25-18(31)16-17(30)20(33)29-11-14-6-7-23(9-14,22(29)26-16)27-19(32)21(34)28(2)3/h4-5,8,14,30H,6-7,9-11H2,1-3H3,(H,25,31)(H,27,32)/t14-,23-/m1/s1. The number of likely N-dealkylation sites (N-methyl/N-ethyl adjacent to an activating group) is 1. The zero-order chi connectivity index (χ0) is 24.8. The van der Waals surface area contributed by atoms with E-state index in [4.69, 9.17) is 0 Å². The van der Waals surface area contributed by atoms with Gasteiger partial charge in [0.2, 0.25) is 5.75 Å². The summed E-state index contributed by atoms with van der Waals surface area (Å²) in [5.41, 5.74) is -1.29. The summed E-state index contributed by atoms with van der Waals surface area (Å²) in [7, 11) is 2.91. The van der Waals surface area contributed by atoms with Crippen LogP contribution in [-0.2, 0) is 28.2 Å². The highest BCUT2D eigenvalue weighted by molar-refractivity contribution is 6.35. The summed E-state index contributed by atoms with van der Waals surface area (Å²) >= 11 is 0. The first-order valence-electron chi connectivity index (χ1n) is 10.9. The average Bonchev–Trinajstić information content (AvgIpc) is 3.13. The molecule has 10 nitrogen and oxygen atoms in total. The normalized spacial score (nSPS) is 20.4. The van der Waals surface area contributed by atoms with Crippen LogP contribution in [0.2, 0.25) is 0 Å². The number of nitrogens with one attached hydrogen (secondary N) is 2. The van der Waals surface area contributed by atoms with Crippen molar-refractivity contribution in [3.63, 3.8) is 0 Å². The van der Waals surface area contributed by atoms with Crippen LogP contribution in [0.3, 0.4) is 0 Å². The van der Waals surface area contributed by atoms with Gasteiger partial charge in [0.25, 0.3) is 11.5 Å². The number of aromatic nitrogens is 2. The number of carbonyl (C=O) groups excluding carboxylic acids is 3. The molecule has 34 heavy (non-hydrogen) atoms. The summed E-state index contributed by atoms with van der Waals surface area (Å²) in [6.07, 6.45) is 1.59. The number of amides is 3. The summed E-state index contributed by atoms with van der Waals surface area (Å²) < 4.78 is 14.8. The number of carbonyl (C=O) groups is 3. The molecule has 1 aliphatic carbocycles. The Kier molecular flexibility index (Phi) is 5.88. The summed E-state index contributed by atoms with van der Waals surface area (Å²) in [6, 6.07) is 4.38. The highest BCUT2D eigenvalue weighted by Gasteiger charge is 2.50. The van der Waals surface area contributed by atoms with Crippen molar-refractivity contribution in [2.45, 2.75) is 44.8 Å². The van der Waals surface area contributed by atoms with Crippen LogP contribution >= 0.6 is 0 Å². The first kappa shape index (κ1) is 23.4. The van der Waals surface area contributed by atoms with Crippen LogP contribution in [0.4, 0.5) is 4.39 Å². The fourth-order valence-corrected chi connectivity index (χ4v) is 4.73. The second-order valence-electron chi connectivity index (χ2n) is 9.16. The Morgan fingerprint density at radius 1 is 1.32 bits per heavy atom. The van der Waals surface area contributed by atoms with Crippen molar-refractivity contribution >= 4 is 17.7 Å². The number of halogens is 1. The third kappa shape index (κ3) is 4.02. The molecule has 2 bridgehead atoms. The Morgan fingerprint density at radius 3 is 2.74 bits per heavy atom. The van der Waals surface area contributed by atoms with Gasteiger partial charge in [-0.25, -0.2) is 9.37 Å². The Morgan fingerprint density at radius 2 is 2.06 bits per heavy atom. The van der Waals surface area contributed by atoms with Gasteiger partial charge in [-0.1, -0.05) is 12.1 Å². The van der Waals surface area contributed by atoms with E-state index in [0.29, 0.717) is 36.9 Å². The lowest BCUT2D eigenvalue weighted by molar-refractivity contribution is -0.145. The molecule has 11 heteroatoms. The number of nitrogens with zero attached hydrogens (tertiary/aromatic N) is 3. The highest BCUT2D eigenvalue weighted by Crippen LogP contribution is 2.45. The van der Waals surface area contributed by atoms with E-state index in [1.165, 1.54) is 30.8 Å². The third-order valence-electron chi connectivity index (χ3n) is 6.47. The molecule has 1 saturated carbocycles. The molecule has 3 N–H and O–H groups in total. The van der Waals surface area contributed by atoms with Crippen LogP contribution in [0.15, 0.2) is 23.0 Å². The lowest BCUT2D eigenvalue weighted by Gasteiger charge is -2.36. The lowest BCUT2D eigenvalue weighted by atomic mass is 9.90. The molecule has 4 rings (SSSR count). The number of hydrogen-bond donors (Lipinski definition) is 3. The quantitative estimate of drug-likeness (QED) is 0.558. The van der Waals surface area contributed by atoms with Crippen LogP contribution in [0, 0.1) is 18.7 Å². The number of rotatable bonds is 4. The van der Waals surface area contributed by atoms with Gasteiger partial charge in [0.1, 0.15) is 11.6 Å². The minimum Gasteiger partial charge on any atom is -0.501 e. The van der Waals surface area contributed by atoms with Crippen LogP contribution in [0.1, 0.15) is 46.7 Å². The Labute approximate surface area is 194 Å². The molecular weight excluding hydrogens is 445 g/mol. The van der Waals surface area contributed by atoms with Crippen LogP contribution in [-0.4, -0.2) is 51.4 Å². The van der Waals surface area contributed by atoms with Crippen LogP contribution in [0.25, 0.3) is 0 Å². The third-order valence-corrected chi connectivity index (χ3v) is 6.47. The predicted octanol–water partition coefficient (Wildman–Crippen LogP) is 0.540. The zero-order valence-corrected chi connectivity index (χ0v) is 19.1. The van der Waals surface area contributed by atoms with Crippen molar-refractivity contribution in [1.29, 1.82) is 0 Å². The Bertz CT molecular complexity index is 1260. The van der Waals surface area contributed by atoms with E-state index in [-0.39, 0.29) is 24.1 Å². The second-order valence-corrected chi connectivity index (χ2v) is 9.16. The molecule has 180 valence electrons. The largest absolute Gasteiger partial charge is 0.501 e. The average molecular weight is 471 g/mol. The van der Waals surface area contributed by atoms with Gasteiger partial charge < -0.3 is 20.6 Å². The van der Waals surface area contributed by atoms with Crippen molar-refractivity contribution in [2.24, 2.45) is 5.92 Å². The molecule has 1 aromatic carbocycles. The Balaban J connectivity index is 1.66. The smallest absolute Gasteiger partial charge is 0.311 e. The fraction of sp³-hybridized carbons (Fsp3) is 0.435. The topological polar surface area (TPSA) is 134 Å². The van der Waals surface area contributed by atoms with Crippen molar-refractivity contribution in [1.82, 2.24) is 25.1 Å². The van der Waals surface area contributed by atoms with Crippen molar-refractivity contribution in [3.05, 3.63) is 57.0 Å². The van der Waals surface area contributed by atoms with Crippen LogP contribution in [0.5, 0.6) is 5.75 Å². The molecule has 0 spiro atoms. The van der Waals surface area contributed by atoms with E-state index in [0.717, 1.165) is 4.90 Å². The van der Waals surface area contributed by atoms with E-state index in [1.807, 2.05) is 0 Å². The maximum atomic E-state index is 13.5. The minimum atomic E-state index is -1.10. The summed E-state index contributed by atoms with van der Waals surface area (Å²) in [5.74, 6) is -3.32. The molecule has 2 aromatic rings. The first-order chi connectivity index (χ1) is 16.0. The van der Waals surface area contributed by atoms with Gasteiger partial charge in [-0.2, -0.15) is 0 Å². The molecule has 0 radical (unpaired) electrons. The highest BCUT2D eigenvalue weighted by atomic mass is 19.1. The number of aryl methyl sites for hydroxylation is 1. The van der Waals surface area contributed by atoms with Gasteiger partial charge in [-0.3, -0.25) is 23.7 Å². The zero-order valence-electron chi connectivity index (χ0n) is 19.1. The summed E-state index contributed by atoms with van der Waals surface area (Å²) in [6.45, 7) is 1.92. The maximum Gasteiger partial charge on any atom is 0.311 e. The molecule has 1 aromatic heterocycles. The number of fused-ring (bicyclic) bond motifs is 4.